The van der Waals surface area contributed by atoms with E-state index in [9.17, 15) is 4.21 Å². The molecule has 2 nitrogen and oxygen atoms in total. The molecule has 0 bridgehead atoms. The van der Waals surface area contributed by atoms with Gasteiger partial charge in [-0.25, -0.2) is 4.21 Å². The molecule has 1 rings (SSSR count). The molecular formula is C13H19NOS. The van der Waals surface area contributed by atoms with Crippen LogP contribution >= 0.6 is 0 Å². The molecule has 1 aromatic rings. The summed E-state index contributed by atoms with van der Waals surface area (Å²) in [4.78, 5) is 0. The van der Waals surface area contributed by atoms with Crippen molar-refractivity contribution in [2.75, 3.05) is 0 Å². The van der Waals surface area contributed by atoms with Gasteiger partial charge in [-0.3, -0.25) is 0 Å². The SMILES string of the molecule is Cc1ccc(C)c(/C=N/S(=O)C(C)(C)C)c1. The summed E-state index contributed by atoms with van der Waals surface area (Å²) >= 11 is 0. The van der Waals surface area contributed by atoms with E-state index in [1.54, 1.807) is 6.21 Å². The minimum absolute atomic E-state index is 0.297. The third-order valence-electron chi connectivity index (χ3n) is 2.25. The molecule has 0 spiro atoms. The second-order valence-corrected chi connectivity index (χ2v) is 6.89. The van der Waals surface area contributed by atoms with Crippen LogP contribution in [0.1, 0.15) is 37.5 Å². The fourth-order valence-corrected chi connectivity index (χ4v) is 1.69. The van der Waals surface area contributed by atoms with Gasteiger partial charge < -0.3 is 0 Å². The lowest BCUT2D eigenvalue weighted by Crippen LogP contribution is -2.19. The van der Waals surface area contributed by atoms with Crippen LogP contribution in [0, 0.1) is 13.8 Å². The van der Waals surface area contributed by atoms with Gasteiger partial charge in [0.2, 0.25) is 0 Å². The number of nitrogens with zero attached hydrogens (tertiary/aromatic N) is 1. The first-order valence-electron chi connectivity index (χ1n) is 5.34. The molecule has 0 N–H and O–H groups in total. The van der Waals surface area contributed by atoms with Crippen molar-refractivity contribution in [3.63, 3.8) is 0 Å². The van der Waals surface area contributed by atoms with Gasteiger partial charge >= 0.3 is 0 Å². The third kappa shape index (κ3) is 3.56. The van der Waals surface area contributed by atoms with Gasteiger partial charge in [0.1, 0.15) is 11.0 Å². The van der Waals surface area contributed by atoms with Crippen LogP contribution in [0.2, 0.25) is 0 Å². The van der Waals surface area contributed by atoms with Crippen molar-refractivity contribution in [2.24, 2.45) is 4.40 Å². The van der Waals surface area contributed by atoms with Gasteiger partial charge in [0.15, 0.2) is 0 Å². The van der Waals surface area contributed by atoms with Crippen molar-refractivity contribution >= 4 is 17.2 Å². The van der Waals surface area contributed by atoms with Crippen LogP contribution in [0.3, 0.4) is 0 Å². The highest BCUT2D eigenvalue weighted by molar-refractivity contribution is 7.85. The zero-order chi connectivity index (χ0) is 12.3. The van der Waals surface area contributed by atoms with Gasteiger partial charge in [0, 0.05) is 6.21 Å². The highest BCUT2D eigenvalue weighted by atomic mass is 32.2. The van der Waals surface area contributed by atoms with Gasteiger partial charge in [0.05, 0.1) is 4.75 Å². The summed E-state index contributed by atoms with van der Waals surface area (Å²) in [6.45, 7) is 9.83. The Kier molecular flexibility index (Phi) is 4.03. The van der Waals surface area contributed by atoms with Crippen LogP contribution < -0.4 is 0 Å². The zero-order valence-electron chi connectivity index (χ0n) is 10.6. The van der Waals surface area contributed by atoms with Gasteiger partial charge in [0.25, 0.3) is 0 Å². The van der Waals surface area contributed by atoms with Crippen LogP contribution in [0.4, 0.5) is 0 Å². The highest BCUT2D eigenvalue weighted by Crippen LogP contribution is 2.13. The molecule has 0 saturated heterocycles. The van der Waals surface area contributed by atoms with Crippen LogP contribution in [-0.4, -0.2) is 15.2 Å². The Balaban J connectivity index is 2.93. The Morgan fingerprint density at radius 2 is 1.88 bits per heavy atom. The second kappa shape index (κ2) is 4.91. The molecule has 0 aliphatic carbocycles. The van der Waals surface area contributed by atoms with Crippen LogP contribution in [0.25, 0.3) is 0 Å². The lowest BCUT2D eigenvalue weighted by atomic mass is 10.1. The minimum atomic E-state index is -1.18. The lowest BCUT2D eigenvalue weighted by Gasteiger charge is -2.12. The van der Waals surface area contributed by atoms with Gasteiger partial charge in [-0.2, -0.15) is 4.40 Å². The summed E-state index contributed by atoms with van der Waals surface area (Å²) in [6.07, 6.45) is 1.71. The molecular weight excluding hydrogens is 218 g/mol. The number of hydrogen-bond acceptors (Lipinski definition) is 1. The van der Waals surface area contributed by atoms with Gasteiger partial charge in [-0.1, -0.05) is 23.8 Å². The molecule has 0 heterocycles. The Labute approximate surface area is 100 Å². The van der Waals surface area contributed by atoms with E-state index < -0.39 is 11.0 Å². The van der Waals surface area contributed by atoms with E-state index in [2.05, 4.69) is 22.6 Å². The summed E-state index contributed by atoms with van der Waals surface area (Å²) in [5.41, 5.74) is 3.38. The molecule has 3 heteroatoms. The number of rotatable bonds is 2. The smallest absolute Gasteiger partial charge is 0.144 e. The number of benzene rings is 1. The van der Waals surface area contributed by atoms with Crippen molar-refractivity contribution in [3.05, 3.63) is 34.9 Å². The summed E-state index contributed by atoms with van der Waals surface area (Å²) in [6, 6.07) is 6.17. The van der Waals surface area contributed by atoms with Crippen LogP contribution in [0.15, 0.2) is 22.6 Å². The van der Waals surface area contributed by atoms with E-state index in [1.165, 1.54) is 5.56 Å². The van der Waals surface area contributed by atoms with E-state index in [0.717, 1.165) is 11.1 Å². The summed E-state index contributed by atoms with van der Waals surface area (Å²) < 4.78 is 15.6. The molecule has 0 radical (unpaired) electrons. The maximum atomic E-state index is 11.7. The molecule has 0 aliphatic rings. The van der Waals surface area contributed by atoms with Crippen molar-refractivity contribution in [3.8, 4) is 0 Å². The summed E-state index contributed by atoms with van der Waals surface area (Å²) in [7, 11) is -1.18. The maximum absolute atomic E-state index is 11.7. The number of aryl methyl sites for hydroxylation is 2. The monoisotopic (exact) mass is 237 g/mol. The molecule has 1 unspecified atom stereocenters. The predicted molar refractivity (Wildman–Crippen MR) is 71.4 cm³/mol. The second-order valence-electron chi connectivity index (χ2n) is 4.96. The molecule has 0 amide bonds. The molecule has 1 aromatic carbocycles. The van der Waals surface area contributed by atoms with Crippen molar-refractivity contribution < 1.29 is 4.21 Å². The topological polar surface area (TPSA) is 29.4 Å². The van der Waals surface area contributed by atoms with E-state index >= 15 is 0 Å². The predicted octanol–water partition coefficient (Wildman–Crippen LogP) is 3.18. The molecule has 0 aliphatic heterocycles. The largest absolute Gasteiger partial charge is 0.234 e. The normalized spacial score (nSPS) is 14.3. The molecule has 0 saturated carbocycles. The average molecular weight is 237 g/mol. The summed E-state index contributed by atoms with van der Waals surface area (Å²) in [5, 5.41) is 0. The van der Waals surface area contributed by atoms with Crippen molar-refractivity contribution in [2.45, 2.75) is 39.4 Å². The molecule has 0 fully saturated rings. The minimum Gasteiger partial charge on any atom is -0.234 e. The first kappa shape index (κ1) is 13.1. The highest BCUT2D eigenvalue weighted by Gasteiger charge is 2.18. The van der Waals surface area contributed by atoms with Gasteiger partial charge in [-0.05, 0) is 45.7 Å². The maximum Gasteiger partial charge on any atom is 0.144 e. The standard InChI is InChI=1S/C13H19NOS/c1-10-6-7-11(2)12(8-10)9-14-16(15)13(3,4)5/h6-9H,1-5H3/b14-9+. The molecule has 16 heavy (non-hydrogen) atoms. The van der Waals surface area contributed by atoms with E-state index in [-0.39, 0.29) is 4.75 Å². The molecule has 1 atom stereocenters. The third-order valence-corrected chi connectivity index (χ3v) is 3.59. The first-order chi connectivity index (χ1) is 7.30. The average Bonchev–Trinajstić information content (AvgIpc) is 2.17. The van der Waals surface area contributed by atoms with E-state index in [0.29, 0.717) is 0 Å². The van der Waals surface area contributed by atoms with E-state index in [1.807, 2.05) is 34.6 Å². The number of hydrogen-bond donors (Lipinski definition) is 0. The fourth-order valence-electron chi connectivity index (χ4n) is 1.16. The van der Waals surface area contributed by atoms with Crippen LogP contribution in [0.5, 0.6) is 0 Å². The molecule has 88 valence electrons. The van der Waals surface area contributed by atoms with Crippen LogP contribution in [-0.2, 0) is 11.0 Å². The first-order valence-corrected chi connectivity index (χ1v) is 6.45. The lowest BCUT2D eigenvalue weighted by molar-refractivity contribution is 0.651. The Hall–Kier alpha value is -0.960. The zero-order valence-corrected chi connectivity index (χ0v) is 11.4. The summed E-state index contributed by atoms with van der Waals surface area (Å²) in [5.74, 6) is 0. The van der Waals surface area contributed by atoms with E-state index in [4.69, 9.17) is 0 Å². The van der Waals surface area contributed by atoms with Gasteiger partial charge in [-0.15, -0.1) is 0 Å². The van der Waals surface area contributed by atoms with Crippen molar-refractivity contribution in [1.29, 1.82) is 0 Å². The molecule has 0 aromatic heterocycles. The fraction of sp³-hybridized carbons (Fsp3) is 0.462. The Morgan fingerprint density at radius 1 is 1.25 bits per heavy atom. The quantitative estimate of drug-likeness (QED) is 0.726. The Morgan fingerprint density at radius 3 is 2.44 bits per heavy atom. The van der Waals surface area contributed by atoms with Crippen molar-refractivity contribution in [1.82, 2.24) is 0 Å². The Bertz CT molecular complexity index is 430.